The third-order valence-electron chi connectivity index (χ3n) is 3.41. The molecule has 5 nitrogen and oxygen atoms in total. The summed E-state index contributed by atoms with van der Waals surface area (Å²) >= 11 is 12.1. The summed E-state index contributed by atoms with van der Waals surface area (Å²) in [6.07, 6.45) is -2.46. The summed E-state index contributed by atoms with van der Waals surface area (Å²) in [5.41, 5.74) is 0.125. The molecule has 1 aromatic carbocycles. The van der Waals surface area contributed by atoms with Gasteiger partial charge in [0.1, 0.15) is 6.61 Å². The molecule has 0 bridgehead atoms. The molecular formula is C18H15Cl2F3N2O3. The van der Waals surface area contributed by atoms with E-state index in [0.29, 0.717) is 22.3 Å². The number of carbonyl (C=O) groups is 1. The standard InChI is InChI=1S/C18H15Cl2F3N2O3/c1-2-27-16(26)5-6-28-25-9-12-7-11(3-4-14(12)19)17-15(20)8-13(10-24-17)18(21,22)23/h3-4,7-10H,2,5-6H2,1H3. The number of hydrogen-bond donors (Lipinski definition) is 0. The summed E-state index contributed by atoms with van der Waals surface area (Å²) in [6.45, 7) is 2.01. The Morgan fingerprint density at radius 3 is 2.64 bits per heavy atom. The average molecular weight is 435 g/mol. The Bertz CT molecular complexity index is 874. The van der Waals surface area contributed by atoms with Gasteiger partial charge in [-0.15, -0.1) is 0 Å². The van der Waals surface area contributed by atoms with Crippen LogP contribution in [0, 0.1) is 0 Å². The van der Waals surface area contributed by atoms with Gasteiger partial charge in [-0.2, -0.15) is 13.2 Å². The number of oxime groups is 1. The number of nitrogens with zero attached hydrogens (tertiary/aromatic N) is 2. The first-order chi connectivity index (χ1) is 13.2. The van der Waals surface area contributed by atoms with Gasteiger partial charge in [-0.1, -0.05) is 34.4 Å². The van der Waals surface area contributed by atoms with Crippen LogP contribution in [0.25, 0.3) is 11.3 Å². The summed E-state index contributed by atoms with van der Waals surface area (Å²) < 4.78 is 43.0. The van der Waals surface area contributed by atoms with Crippen LogP contribution in [0.4, 0.5) is 13.2 Å². The Kier molecular flexibility index (Phi) is 7.65. The topological polar surface area (TPSA) is 60.8 Å². The Morgan fingerprint density at radius 2 is 2.00 bits per heavy atom. The molecule has 1 heterocycles. The molecule has 2 rings (SSSR count). The van der Waals surface area contributed by atoms with Gasteiger partial charge in [0.25, 0.3) is 0 Å². The van der Waals surface area contributed by atoms with E-state index in [1.54, 1.807) is 19.1 Å². The maximum atomic E-state index is 12.7. The zero-order valence-electron chi connectivity index (χ0n) is 14.6. The van der Waals surface area contributed by atoms with E-state index in [1.165, 1.54) is 12.3 Å². The van der Waals surface area contributed by atoms with Crippen molar-refractivity contribution in [3.63, 3.8) is 0 Å². The largest absolute Gasteiger partial charge is 0.466 e. The molecule has 10 heteroatoms. The highest BCUT2D eigenvalue weighted by Gasteiger charge is 2.31. The van der Waals surface area contributed by atoms with E-state index in [4.69, 9.17) is 32.8 Å². The van der Waals surface area contributed by atoms with Gasteiger partial charge in [0, 0.05) is 22.3 Å². The fraction of sp³-hybridized carbons (Fsp3) is 0.278. The van der Waals surface area contributed by atoms with E-state index in [-0.39, 0.29) is 30.4 Å². The normalized spacial score (nSPS) is 11.6. The lowest BCUT2D eigenvalue weighted by Gasteiger charge is -2.10. The number of aromatic nitrogens is 1. The van der Waals surface area contributed by atoms with Gasteiger partial charge >= 0.3 is 12.1 Å². The predicted molar refractivity (Wildman–Crippen MR) is 99.5 cm³/mol. The summed E-state index contributed by atoms with van der Waals surface area (Å²) in [7, 11) is 0. The lowest BCUT2D eigenvalue weighted by atomic mass is 10.1. The van der Waals surface area contributed by atoms with Gasteiger partial charge in [0.15, 0.2) is 0 Å². The molecule has 0 radical (unpaired) electrons. The molecular weight excluding hydrogens is 420 g/mol. The maximum Gasteiger partial charge on any atom is 0.417 e. The minimum Gasteiger partial charge on any atom is -0.466 e. The molecule has 0 aliphatic carbocycles. The van der Waals surface area contributed by atoms with Crippen LogP contribution in [0.5, 0.6) is 0 Å². The van der Waals surface area contributed by atoms with Crippen molar-refractivity contribution in [3.8, 4) is 11.3 Å². The smallest absolute Gasteiger partial charge is 0.417 e. The van der Waals surface area contributed by atoms with Crippen molar-refractivity contribution in [2.24, 2.45) is 5.16 Å². The second-order valence-electron chi connectivity index (χ2n) is 5.41. The number of carbonyl (C=O) groups excluding carboxylic acids is 1. The van der Waals surface area contributed by atoms with E-state index < -0.39 is 17.7 Å². The maximum absolute atomic E-state index is 12.7. The predicted octanol–water partition coefficient (Wildman–Crippen LogP) is 5.38. The highest BCUT2D eigenvalue weighted by atomic mass is 35.5. The van der Waals surface area contributed by atoms with Crippen molar-refractivity contribution in [3.05, 3.63) is 51.6 Å². The monoisotopic (exact) mass is 434 g/mol. The Hall–Kier alpha value is -2.32. The zero-order valence-corrected chi connectivity index (χ0v) is 16.1. The quantitative estimate of drug-likeness (QED) is 0.254. The van der Waals surface area contributed by atoms with E-state index >= 15 is 0 Å². The van der Waals surface area contributed by atoms with Crippen LogP contribution in [0.1, 0.15) is 24.5 Å². The summed E-state index contributed by atoms with van der Waals surface area (Å²) in [6, 6.07) is 5.47. The number of alkyl halides is 3. The first-order valence-corrected chi connectivity index (χ1v) is 8.81. The number of rotatable bonds is 7. The van der Waals surface area contributed by atoms with E-state index in [2.05, 4.69) is 10.1 Å². The van der Waals surface area contributed by atoms with Crippen molar-refractivity contribution in [1.82, 2.24) is 4.98 Å². The SMILES string of the molecule is CCOC(=O)CCON=Cc1cc(-c2ncc(C(F)(F)F)cc2Cl)ccc1Cl. The lowest BCUT2D eigenvalue weighted by molar-refractivity contribution is -0.144. The van der Waals surface area contributed by atoms with Gasteiger partial charge in [-0.25, -0.2) is 0 Å². The van der Waals surface area contributed by atoms with Crippen molar-refractivity contribution in [2.45, 2.75) is 19.5 Å². The number of benzene rings is 1. The number of ether oxygens (including phenoxy) is 1. The third-order valence-corrected chi connectivity index (χ3v) is 4.04. The van der Waals surface area contributed by atoms with Crippen molar-refractivity contribution < 1.29 is 27.5 Å². The number of halogens is 5. The van der Waals surface area contributed by atoms with Crippen molar-refractivity contribution >= 4 is 35.4 Å². The van der Waals surface area contributed by atoms with Gasteiger partial charge in [0.05, 0.1) is 35.5 Å². The number of pyridine rings is 1. The molecule has 0 spiro atoms. The van der Waals surface area contributed by atoms with Crippen LogP contribution in [-0.4, -0.2) is 30.4 Å². The Morgan fingerprint density at radius 1 is 1.25 bits per heavy atom. The van der Waals surface area contributed by atoms with Crippen molar-refractivity contribution in [1.29, 1.82) is 0 Å². The highest BCUT2D eigenvalue weighted by molar-refractivity contribution is 6.34. The number of esters is 1. The Balaban J connectivity index is 2.13. The summed E-state index contributed by atoms with van der Waals surface area (Å²) in [4.78, 5) is 20.0. The molecule has 0 aliphatic rings. The fourth-order valence-electron chi connectivity index (χ4n) is 2.10. The van der Waals surface area contributed by atoms with Crippen LogP contribution < -0.4 is 0 Å². The van der Waals surface area contributed by atoms with Gasteiger partial charge < -0.3 is 9.57 Å². The molecule has 0 saturated carbocycles. The molecule has 28 heavy (non-hydrogen) atoms. The summed E-state index contributed by atoms with van der Waals surface area (Å²) in [5.74, 6) is -0.402. The van der Waals surface area contributed by atoms with Crippen LogP contribution in [-0.2, 0) is 20.5 Å². The van der Waals surface area contributed by atoms with Crippen molar-refractivity contribution in [2.75, 3.05) is 13.2 Å². The van der Waals surface area contributed by atoms with Crippen LogP contribution >= 0.6 is 23.2 Å². The second kappa shape index (κ2) is 9.75. The molecule has 0 aliphatic heterocycles. The second-order valence-corrected chi connectivity index (χ2v) is 6.23. The van der Waals surface area contributed by atoms with Crippen LogP contribution in [0.2, 0.25) is 10.0 Å². The first-order valence-electron chi connectivity index (χ1n) is 8.06. The number of hydrogen-bond acceptors (Lipinski definition) is 5. The molecule has 0 atom stereocenters. The molecule has 0 saturated heterocycles. The van der Waals surface area contributed by atoms with Crippen LogP contribution in [0.15, 0.2) is 35.6 Å². The third kappa shape index (κ3) is 6.10. The molecule has 0 N–H and O–H groups in total. The Labute approximate surface area is 169 Å². The molecule has 2 aromatic rings. The van der Waals surface area contributed by atoms with E-state index in [1.807, 2.05) is 0 Å². The molecule has 0 fully saturated rings. The zero-order chi connectivity index (χ0) is 20.7. The van der Waals surface area contributed by atoms with Gasteiger partial charge in [0.2, 0.25) is 0 Å². The van der Waals surface area contributed by atoms with E-state index in [9.17, 15) is 18.0 Å². The van der Waals surface area contributed by atoms with Crippen LogP contribution in [0.3, 0.4) is 0 Å². The van der Waals surface area contributed by atoms with Gasteiger partial charge in [-0.3, -0.25) is 9.78 Å². The average Bonchev–Trinajstić information content (AvgIpc) is 2.62. The minimum atomic E-state index is -4.53. The molecule has 150 valence electrons. The minimum absolute atomic E-state index is 0.0267. The highest BCUT2D eigenvalue weighted by Crippen LogP contribution is 2.34. The van der Waals surface area contributed by atoms with Gasteiger partial charge in [-0.05, 0) is 25.1 Å². The first kappa shape index (κ1) is 22.0. The lowest BCUT2D eigenvalue weighted by Crippen LogP contribution is -2.06. The molecule has 1 aromatic heterocycles. The molecule has 0 amide bonds. The van der Waals surface area contributed by atoms with E-state index in [0.717, 1.165) is 6.07 Å². The molecule has 0 unspecified atom stereocenters. The fourth-order valence-corrected chi connectivity index (χ4v) is 2.55. The summed E-state index contributed by atoms with van der Waals surface area (Å²) in [5, 5.41) is 3.91.